The average Bonchev–Trinajstić information content (AvgIpc) is 3.43. The summed E-state index contributed by atoms with van der Waals surface area (Å²) in [4.78, 5) is 30.0. The van der Waals surface area contributed by atoms with Crippen LogP contribution in [-0.4, -0.2) is 45.8 Å². The standard InChI is InChI=1S/C24H25N3O2/c1-16-22(19-11-5-6-12-20(19)25(16)2)23-17-9-3-4-10-18(17)24(29)27(23)15-21(28)26-13-7-8-14-26/h3-6,9-12,23H,7-8,13-15H2,1-2H3. The van der Waals surface area contributed by atoms with E-state index in [0.717, 1.165) is 53.7 Å². The molecule has 1 fully saturated rings. The molecule has 1 atom stereocenters. The predicted octanol–water partition coefficient (Wildman–Crippen LogP) is 3.65. The molecule has 0 bridgehead atoms. The van der Waals surface area contributed by atoms with E-state index in [1.54, 1.807) is 4.90 Å². The van der Waals surface area contributed by atoms with Crippen LogP contribution in [-0.2, 0) is 11.8 Å². The van der Waals surface area contributed by atoms with Crippen LogP contribution in [0.3, 0.4) is 0 Å². The number of aryl methyl sites for hydroxylation is 1. The van der Waals surface area contributed by atoms with Gasteiger partial charge in [-0.05, 0) is 37.5 Å². The zero-order valence-electron chi connectivity index (χ0n) is 16.9. The number of likely N-dealkylation sites (tertiary alicyclic amines) is 1. The second-order valence-corrected chi connectivity index (χ2v) is 8.09. The lowest BCUT2D eigenvalue weighted by molar-refractivity contribution is -0.131. The van der Waals surface area contributed by atoms with Crippen LogP contribution in [0.2, 0.25) is 0 Å². The van der Waals surface area contributed by atoms with Gasteiger partial charge in [0.2, 0.25) is 5.91 Å². The summed E-state index contributed by atoms with van der Waals surface area (Å²) in [5.41, 5.74) is 5.09. The molecule has 0 N–H and O–H groups in total. The van der Waals surface area contributed by atoms with E-state index in [9.17, 15) is 9.59 Å². The number of hydrogen-bond donors (Lipinski definition) is 0. The third-order valence-corrected chi connectivity index (χ3v) is 6.54. The molecule has 5 rings (SSSR count). The summed E-state index contributed by atoms with van der Waals surface area (Å²) in [6.07, 6.45) is 2.09. The minimum atomic E-state index is -0.239. The molecule has 29 heavy (non-hydrogen) atoms. The van der Waals surface area contributed by atoms with Gasteiger partial charge < -0.3 is 14.4 Å². The van der Waals surface area contributed by atoms with Crippen molar-refractivity contribution < 1.29 is 9.59 Å². The summed E-state index contributed by atoms with van der Waals surface area (Å²) in [5.74, 6) is -0.00275. The molecule has 148 valence electrons. The Balaban J connectivity index is 1.65. The molecular weight excluding hydrogens is 362 g/mol. The maximum absolute atomic E-state index is 13.3. The third kappa shape index (κ3) is 2.68. The summed E-state index contributed by atoms with van der Waals surface area (Å²) in [7, 11) is 2.06. The molecule has 1 aromatic heterocycles. The minimum Gasteiger partial charge on any atom is -0.348 e. The van der Waals surface area contributed by atoms with Crippen molar-refractivity contribution in [1.29, 1.82) is 0 Å². The van der Waals surface area contributed by atoms with Gasteiger partial charge in [0, 0.05) is 47.9 Å². The maximum atomic E-state index is 13.3. The van der Waals surface area contributed by atoms with Crippen molar-refractivity contribution in [2.24, 2.45) is 7.05 Å². The highest BCUT2D eigenvalue weighted by atomic mass is 16.2. The van der Waals surface area contributed by atoms with Crippen molar-refractivity contribution in [3.8, 4) is 0 Å². The van der Waals surface area contributed by atoms with E-state index in [4.69, 9.17) is 0 Å². The fraction of sp³-hybridized carbons (Fsp3) is 0.333. The SMILES string of the molecule is Cc1c(C2c3ccccc3C(=O)N2CC(=O)N2CCCC2)c2ccccc2n1C. The summed E-state index contributed by atoms with van der Waals surface area (Å²) >= 11 is 0. The fourth-order valence-corrected chi connectivity index (χ4v) is 4.95. The molecule has 0 aliphatic carbocycles. The number of aromatic nitrogens is 1. The van der Waals surface area contributed by atoms with Gasteiger partial charge in [-0.1, -0.05) is 36.4 Å². The van der Waals surface area contributed by atoms with Gasteiger partial charge in [-0.25, -0.2) is 0 Å². The molecule has 0 spiro atoms. The minimum absolute atomic E-state index is 0.0477. The van der Waals surface area contributed by atoms with E-state index in [-0.39, 0.29) is 24.4 Å². The van der Waals surface area contributed by atoms with Crippen LogP contribution < -0.4 is 0 Å². The first kappa shape index (κ1) is 18.0. The van der Waals surface area contributed by atoms with Gasteiger partial charge in [0.05, 0.1) is 6.04 Å². The molecule has 2 aliphatic heterocycles. The van der Waals surface area contributed by atoms with Gasteiger partial charge in [0.1, 0.15) is 6.54 Å². The Morgan fingerprint density at radius 1 is 1.03 bits per heavy atom. The van der Waals surface area contributed by atoms with Gasteiger partial charge in [-0.3, -0.25) is 9.59 Å². The van der Waals surface area contributed by atoms with Gasteiger partial charge >= 0.3 is 0 Å². The Morgan fingerprint density at radius 2 is 1.72 bits per heavy atom. The molecule has 0 radical (unpaired) electrons. The highest BCUT2D eigenvalue weighted by molar-refractivity contribution is 6.02. The largest absolute Gasteiger partial charge is 0.348 e. The van der Waals surface area contributed by atoms with Crippen LogP contribution in [0.1, 0.15) is 46.1 Å². The Kier molecular flexibility index (Phi) is 4.19. The second-order valence-electron chi connectivity index (χ2n) is 8.09. The quantitative estimate of drug-likeness (QED) is 0.689. The summed E-state index contributed by atoms with van der Waals surface area (Å²) in [6.45, 7) is 3.82. The highest BCUT2D eigenvalue weighted by Gasteiger charge is 2.41. The monoisotopic (exact) mass is 387 g/mol. The Labute approximate surface area is 170 Å². The summed E-state index contributed by atoms with van der Waals surface area (Å²) in [6, 6.07) is 15.8. The molecule has 1 unspecified atom stereocenters. The molecule has 5 nitrogen and oxygen atoms in total. The Morgan fingerprint density at radius 3 is 2.52 bits per heavy atom. The van der Waals surface area contributed by atoms with Crippen LogP contribution in [0.4, 0.5) is 0 Å². The molecule has 3 aromatic rings. The van der Waals surface area contributed by atoms with Crippen molar-refractivity contribution in [2.45, 2.75) is 25.8 Å². The summed E-state index contributed by atoms with van der Waals surface area (Å²) in [5, 5.41) is 1.14. The van der Waals surface area contributed by atoms with Gasteiger partial charge in [-0.15, -0.1) is 0 Å². The molecule has 2 aromatic carbocycles. The van der Waals surface area contributed by atoms with Gasteiger partial charge in [-0.2, -0.15) is 0 Å². The number of benzene rings is 2. The molecule has 5 heteroatoms. The van der Waals surface area contributed by atoms with Crippen LogP contribution in [0.5, 0.6) is 0 Å². The number of para-hydroxylation sites is 1. The van der Waals surface area contributed by atoms with Gasteiger partial charge in [0.25, 0.3) is 5.91 Å². The molecule has 2 amide bonds. The van der Waals surface area contributed by atoms with Crippen molar-refractivity contribution in [3.63, 3.8) is 0 Å². The average molecular weight is 387 g/mol. The van der Waals surface area contributed by atoms with E-state index < -0.39 is 0 Å². The summed E-state index contributed by atoms with van der Waals surface area (Å²) < 4.78 is 2.18. The van der Waals surface area contributed by atoms with Gasteiger partial charge in [0.15, 0.2) is 0 Å². The normalized spacial score (nSPS) is 18.7. The Bertz CT molecular complexity index is 1120. The number of rotatable bonds is 3. The van der Waals surface area contributed by atoms with E-state index >= 15 is 0 Å². The van der Waals surface area contributed by atoms with E-state index in [0.29, 0.717) is 5.56 Å². The zero-order chi connectivity index (χ0) is 20.1. The molecule has 2 aliphatic rings. The first-order valence-electron chi connectivity index (χ1n) is 10.3. The lowest BCUT2D eigenvalue weighted by Gasteiger charge is -2.28. The van der Waals surface area contributed by atoms with Crippen molar-refractivity contribution in [1.82, 2.24) is 14.4 Å². The van der Waals surface area contributed by atoms with Crippen molar-refractivity contribution >= 4 is 22.7 Å². The number of fused-ring (bicyclic) bond motifs is 2. The van der Waals surface area contributed by atoms with Crippen LogP contribution in [0.25, 0.3) is 10.9 Å². The number of carbonyl (C=O) groups is 2. The van der Waals surface area contributed by atoms with E-state index in [2.05, 4.69) is 30.7 Å². The number of nitrogens with zero attached hydrogens (tertiary/aromatic N) is 3. The van der Waals surface area contributed by atoms with Crippen molar-refractivity contribution in [2.75, 3.05) is 19.6 Å². The highest BCUT2D eigenvalue weighted by Crippen LogP contribution is 2.43. The first-order valence-corrected chi connectivity index (χ1v) is 10.3. The van der Waals surface area contributed by atoms with E-state index in [1.165, 1.54) is 0 Å². The Hall–Kier alpha value is -3.08. The number of hydrogen-bond acceptors (Lipinski definition) is 2. The zero-order valence-corrected chi connectivity index (χ0v) is 16.9. The predicted molar refractivity (Wildman–Crippen MR) is 113 cm³/mol. The maximum Gasteiger partial charge on any atom is 0.255 e. The van der Waals surface area contributed by atoms with Crippen LogP contribution >= 0.6 is 0 Å². The second kappa shape index (κ2) is 6.76. The number of carbonyl (C=O) groups excluding carboxylic acids is 2. The molecule has 3 heterocycles. The van der Waals surface area contributed by atoms with Crippen LogP contribution in [0.15, 0.2) is 48.5 Å². The lowest BCUT2D eigenvalue weighted by Crippen LogP contribution is -2.41. The molecular formula is C24H25N3O2. The fourth-order valence-electron chi connectivity index (χ4n) is 4.95. The third-order valence-electron chi connectivity index (χ3n) is 6.54. The smallest absolute Gasteiger partial charge is 0.255 e. The number of amides is 2. The van der Waals surface area contributed by atoms with Crippen molar-refractivity contribution in [3.05, 3.63) is 70.9 Å². The van der Waals surface area contributed by atoms with Crippen LogP contribution in [0, 0.1) is 6.92 Å². The first-order chi connectivity index (χ1) is 14.1. The molecule has 1 saturated heterocycles. The lowest BCUT2D eigenvalue weighted by atomic mass is 9.95. The molecule has 0 saturated carbocycles. The topological polar surface area (TPSA) is 45.6 Å². The van der Waals surface area contributed by atoms with E-state index in [1.807, 2.05) is 41.3 Å².